The van der Waals surface area contributed by atoms with Gasteiger partial charge < -0.3 is 5.73 Å². The van der Waals surface area contributed by atoms with Gasteiger partial charge in [0.05, 0.1) is 23.8 Å². The first kappa shape index (κ1) is 18.5. The average molecular weight is 394 g/mol. The lowest BCUT2D eigenvalue weighted by molar-refractivity contribution is -0.124. The molecule has 0 fully saturated rings. The summed E-state index contributed by atoms with van der Waals surface area (Å²) in [5.74, 6) is 0.381. The number of hydrogen-bond acceptors (Lipinski definition) is 4. The molecular formula is C25H22N4O. The first-order valence-corrected chi connectivity index (χ1v) is 10.1. The van der Waals surface area contributed by atoms with Crippen molar-refractivity contribution < 1.29 is 4.79 Å². The van der Waals surface area contributed by atoms with Gasteiger partial charge in [-0.2, -0.15) is 0 Å². The Bertz CT molecular complexity index is 1220. The molecule has 0 saturated carbocycles. The van der Waals surface area contributed by atoms with Gasteiger partial charge in [0.15, 0.2) is 0 Å². The molecular weight excluding hydrogens is 372 g/mol. The zero-order valence-electron chi connectivity index (χ0n) is 16.5. The minimum Gasteiger partial charge on any atom is -0.368 e. The van der Waals surface area contributed by atoms with Crippen LogP contribution in [0.25, 0.3) is 22.2 Å². The molecule has 0 aliphatic carbocycles. The topological polar surface area (TPSA) is 72.1 Å². The Hall–Kier alpha value is -3.57. The highest BCUT2D eigenvalue weighted by atomic mass is 16.1. The van der Waals surface area contributed by atoms with Gasteiger partial charge in [-0.15, -0.1) is 0 Å². The van der Waals surface area contributed by atoms with Crippen LogP contribution in [0.3, 0.4) is 0 Å². The second-order valence-corrected chi connectivity index (χ2v) is 7.67. The molecule has 5 heteroatoms. The van der Waals surface area contributed by atoms with Gasteiger partial charge in [-0.3, -0.25) is 9.69 Å². The maximum Gasteiger partial charge on any atom is 0.235 e. The summed E-state index contributed by atoms with van der Waals surface area (Å²) >= 11 is 0. The lowest BCUT2D eigenvalue weighted by atomic mass is 9.93. The number of primary amides is 1. The molecule has 30 heavy (non-hydrogen) atoms. The van der Waals surface area contributed by atoms with E-state index < -0.39 is 0 Å². The second-order valence-electron chi connectivity index (χ2n) is 7.67. The summed E-state index contributed by atoms with van der Waals surface area (Å²) in [6, 6.07) is 26.0. The average Bonchev–Trinajstić information content (AvgIpc) is 2.78. The summed E-state index contributed by atoms with van der Waals surface area (Å²) in [5, 5.41) is 1.02. The first-order valence-electron chi connectivity index (χ1n) is 10.1. The fraction of sp³-hybridized carbons (Fsp3) is 0.160. The lowest BCUT2D eigenvalue weighted by Crippen LogP contribution is -2.48. The maximum absolute atomic E-state index is 12.2. The number of rotatable bonds is 4. The van der Waals surface area contributed by atoms with Gasteiger partial charge in [-0.05, 0) is 23.6 Å². The van der Waals surface area contributed by atoms with Crippen LogP contribution in [0.5, 0.6) is 0 Å². The molecule has 0 unspecified atom stereocenters. The van der Waals surface area contributed by atoms with Crippen molar-refractivity contribution in [2.75, 3.05) is 0 Å². The first-order chi connectivity index (χ1) is 14.7. The molecule has 1 aliphatic heterocycles. The molecule has 4 aromatic rings. The van der Waals surface area contributed by atoms with E-state index in [-0.39, 0.29) is 11.9 Å². The Kier molecular flexibility index (Phi) is 4.73. The van der Waals surface area contributed by atoms with Gasteiger partial charge in [-0.25, -0.2) is 9.97 Å². The Balaban J connectivity index is 1.56. The fourth-order valence-electron chi connectivity index (χ4n) is 4.22. The third-order valence-electron chi connectivity index (χ3n) is 5.72. The van der Waals surface area contributed by atoms with Crippen LogP contribution < -0.4 is 5.73 Å². The number of nitrogens with two attached hydrogens (primary N) is 1. The highest BCUT2D eigenvalue weighted by Gasteiger charge is 2.30. The Morgan fingerprint density at radius 2 is 1.60 bits per heavy atom. The Morgan fingerprint density at radius 3 is 2.40 bits per heavy atom. The molecule has 2 heterocycles. The molecule has 0 spiro atoms. The zero-order valence-corrected chi connectivity index (χ0v) is 16.5. The second kappa shape index (κ2) is 7.69. The van der Waals surface area contributed by atoms with Crippen LogP contribution >= 0.6 is 0 Å². The van der Waals surface area contributed by atoms with E-state index in [1.54, 1.807) is 0 Å². The SMILES string of the molecule is NC(=O)[C@H]1Cc2ccccc2CN1Cc1nc(-c2ccccc2)c2ccccc2n1. The van der Waals surface area contributed by atoms with Crippen molar-refractivity contribution in [1.29, 1.82) is 0 Å². The highest BCUT2D eigenvalue weighted by molar-refractivity contribution is 5.92. The summed E-state index contributed by atoms with van der Waals surface area (Å²) in [7, 11) is 0. The zero-order chi connectivity index (χ0) is 20.5. The molecule has 1 atom stereocenters. The largest absolute Gasteiger partial charge is 0.368 e. The molecule has 2 N–H and O–H groups in total. The Morgan fingerprint density at radius 1 is 0.900 bits per heavy atom. The summed E-state index contributed by atoms with van der Waals surface area (Å²) in [4.78, 5) is 24.0. The van der Waals surface area contributed by atoms with E-state index in [4.69, 9.17) is 15.7 Å². The minimum absolute atomic E-state index is 0.312. The number of hydrogen-bond donors (Lipinski definition) is 1. The fourth-order valence-corrected chi connectivity index (χ4v) is 4.22. The van der Waals surface area contributed by atoms with Crippen molar-refractivity contribution in [2.45, 2.75) is 25.6 Å². The number of carbonyl (C=O) groups excluding carboxylic acids is 1. The molecule has 1 aromatic heterocycles. The number of amides is 1. The minimum atomic E-state index is -0.366. The van der Waals surface area contributed by atoms with Crippen LogP contribution in [0.15, 0.2) is 78.9 Å². The highest BCUT2D eigenvalue weighted by Crippen LogP contribution is 2.28. The van der Waals surface area contributed by atoms with E-state index in [1.807, 2.05) is 54.6 Å². The number of aromatic nitrogens is 2. The smallest absolute Gasteiger partial charge is 0.235 e. The van der Waals surface area contributed by atoms with Gasteiger partial charge in [0.1, 0.15) is 5.82 Å². The predicted molar refractivity (Wildman–Crippen MR) is 117 cm³/mol. The van der Waals surface area contributed by atoms with Gasteiger partial charge in [0.25, 0.3) is 0 Å². The van der Waals surface area contributed by atoms with E-state index in [0.717, 1.165) is 22.2 Å². The van der Waals surface area contributed by atoms with E-state index in [9.17, 15) is 4.79 Å². The van der Waals surface area contributed by atoms with Gasteiger partial charge in [0, 0.05) is 17.5 Å². The van der Waals surface area contributed by atoms with Crippen LogP contribution in [-0.4, -0.2) is 26.8 Å². The summed E-state index contributed by atoms with van der Waals surface area (Å²) < 4.78 is 0. The van der Waals surface area contributed by atoms with Gasteiger partial charge in [0.2, 0.25) is 5.91 Å². The van der Waals surface area contributed by atoms with Crippen molar-refractivity contribution in [3.63, 3.8) is 0 Å². The van der Waals surface area contributed by atoms with E-state index in [1.165, 1.54) is 11.1 Å². The van der Waals surface area contributed by atoms with Crippen LogP contribution in [0, 0.1) is 0 Å². The standard InChI is InChI=1S/C25H22N4O/c26-25(30)22-14-18-10-4-5-11-19(18)15-29(22)16-23-27-21-13-7-6-12-20(21)24(28-23)17-8-2-1-3-9-17/h1-13,22H,14-16H2,(H2,26,30)/t22-/m1/s1. The number of carbonyl (C=O) groups is 1. The Labute approximate surface area is 175 Å². The number of benzene rings is 3. The molecule has 0 radical (unpaired) electrons. The summed E-state index contributed by atoms with van der Waals surface area (Å²) in [6.45, 7) is 1.12. The summed E-state index contributed by atoms with van der Waals surface area (Å²) in [6.07, 6.45) is 0.616. The third-order valence-corrected chi connectivity index (χ3v) is 5.72. The van der Waals surface area contributed by atoms with E-state index >= 15 is 0 Å². The van der Waals surface area contributed by atoms with Crippen molar-refractivity contribution in [1.82, 2.24) is 14.9 Å². The molecule has 0 saturated heterocycles. The molecule has 1 amide bonds. The van der Waals surface area contributed by atoms with Crippen molar-refractivity contribution in [3.05, 3.63) is 95.8 Å². The van der Waals surface area contributed by atoms with E-state index in [2.05, 4.69) is 29.2 Å². The summed E-state index contributed by atoms with van der Waals surface area (Å²) in [5.41, 5.74) is 11.0. The van der Waals surface area contributed by atoms with Crippen molar-refractivity contribution in [2.24, 2.45) is 5.73 Å². The van der Waals surface area contributed by atoms with Crippen LogP contribution in [0.1, 0.15) is 17.0 Å². The van der Waals surface area contributed by atoms with Gasteiger partial charge >= 0.3 is 0 Å². The molecule has 1 aliphatic rings. The van der Waals surface area contributed by atoms with E-state index in [0.29, 0.717) is 25.3 Å². The molecule has 3 aromatic carbocycles. The molecule has 148 valence electrons. The number of nitrogens with zero attached hydrogens (tertiary/aromatic N) is 3. The van der Waals surface area contributed by atoms with Crippen LogP contribution in [0.4, 0.5) is 0 Å². The number of para-hydroxylation sites is 1. The predicted octanol–water partition coefficient (Wildman–Crippen LogP) is 3.71. The normalized spacial score (nSPS) is 16.3. The molecule has 0 bridgehead atoms. The third kappa shape index (κ3) is 3.44. The number of fused-ring (bicyclic) bond motifs is 2. The quantitative estimate of drug-likeness (QED) is 0.573. The van der Waals surface area contributed by atoms with Crippen LogP contribution in [0.2, 0.25) is 0 Å². The maximum atomic E-state index is 12.2. The van der Waals surface area contributed by atoms with Crippen molar-refractivity contribution >= 4 is 16.8 Å². The lowest BCUT2D eigenvalue weighted by Gasteiger charge is -2.34. The molecule has 5 rings (SSSR count). The van der Waals surface area contributed by atoms with Gasteiger partial charge in [-0.1, -0.05) is 72.8 Å². The monoisotopic (exact) mass is 394 g/mol. The molecule has 5 nitrogen and oxygen atoms in total. The van der Waals surface area contributed by atoms with Crippen molar-refractivity contribution in [3.8, 4) is 11.3 Å². The van der Waals surface area contributed by atoms with Crippen LogP contribution in [-0.2, 0) is 24.3 Å².